The number of thiocarbonyl (C=S) groups is 1. The molecule has 92 valence electrons. The Hall–Kier alpha value is -0.680. The monoisotopic (exact) mass is 243 g/mol. The van der Waals surface area contributed by atoms with Crippen LogP contribution in [0, 0.1) is 5.41 Å². The van der Waals surface area contributed by atoms with Gasteiger partial charge in [0, 0.05) is 13.1 Å². The number of amides is 1. The smallest absolute Gasteiger partial charge is 0.233 e. The molecule has 0 aromatic carbocycles. The Morgan fingerprint density at radius 3 is 2.38 bits per heavy atom. The summed E-state index contributed by atoms with van der Waals surface area (Å²) in [5, 5.41) is 2.92. The molecule has 0 aromatic heterocycles. The van der Waals surface area contributed by atoms with E-state index in [0.29, 0.717) is 11.5 Å². The van der Waals surface area contributed by atoms with Crippen LogP contribution in [0.25, 0.3) is 0 Å². The topological polar surface area (TPSA) is 58.4 Å². The third-order valence-electron chi connectivity index (χ3n) is 3.26. The van der Waals surface area contributed by atoms with Crippen LogP contribution in [0.5, 0.6) is 0 Å². The Balaban J connectivity index is 2.28. The normalized spacial score (nSPS) is 17.2. The Labute approximate surface area is 103 Å². The molecule has 5 heteroatoms. The van der Waals surface area contributed by atoms with Gasteiger partial charge in [0.2, 0.25) is 5.91 Å². The van der Waals surface area contributed by atoms with Crippen LogP contribution in [0.2, 0.25) is 0 Å². The summed E-state index contributed by atoms with van der Waals surface area (Å²) in [7, 11) is 0. The highest BCUT2D eigenvalue weighted by molar-refractivity contribution is 7.80. The van der Waals surface area contributed by atoms with E-state index in [1.807, 2.05) is 0 Å². The van der Waals surface area contributed by atoms with Crippen molar-refractivity contribution in [3.05, 3.63) is 0 Å². The SMILES string of the molecule is CCN(CC)CCNC(=O)C1(C(N)=S)CC1. The Kier molecular flexibility index (Phi) is 4.68. The van der Waals surface area contributed by atoms with Crippen LogP contribution >= 0.6 is 12.2 Å². The van der Waals surface area contributed by atoms with Crippen LogP contribution in [0.3, 0.4) is 0 Å². The highest BCUT2D eigenvalue weighted by Gasteiger charge is 2.52. The van der Waals surface area contributed by atoms with Gasteiger partial charge in [-0.1, -0.05) is 26.1 Å². The van der Waals surface area contributed by atoms with Gasteiger partial charge in [-0.2, -0.15) is 0 Å². The molecule has 0 bridgehead atoms. The molecule has 0 saturated heterocycles. The van der Waals surface area contributed by atoms with Crippen molar-refractivity contribution >= 4 is 23.1 Å². The van der Waals surface area contributed by atoms with E-state index in [1.165, 1.54) is 0 Å². The Morgan fingerprint density at radius 1 is 1.44 bits per heavy atom. The molecule has 0 atom stereocenters. The molecule has 1 fully saturated rings. The molecule has 0 radical (unpaired) electrons. The lowest BCUT2D eigenvalue weighted by atomic mass is 10.1. The fourth-order valence-electron chi connectivity index (χ4n) is 1.75. The standard InChI is InChI=1S/C11H21N3OS/c1-3-14(4-2)8-7-13-10(15)11(5-6-11)9(12)16/h3-8H2,1-2H3,(H2,12,16)(H,13,15). The van der Waals surface area contributed by atoms with E-state index in [4.69, 9.17) is 18.0 Å². The molecule has 0 spiro atoms. The number of carbonyl (C=O) groups is 1. The van der Waals surface area contributed by atoms with Gasteiger partial charge in [-0.25, -0.2) is 0 Å². The number of carbonyl (C=O) groups excluding carboxylic acids is 1. The second-order valence-electron chi connectivity index (χ2n) is 4.23. The van der Waals surface area contributed by atoms with E-state index in [1.54, 1.807) is 0 Å². The molecule has 3 N–H and O–H groups in total. The summed E-state index contributed by atoms with van der Waals surface area (Å²) in [6.45, 7) is 7.79. The van der Waals surface area contributed by atoms with Crippen molar-refractivity contribution < 1.29 is 4.79 Å². The highest BCUT2D eigenvalue weighted by Crippen LogP contribution is 2.46. The van der Waals surface area contributed by atoms with Gasteiger partial charge in [-0.15, -0.1) is 0 Å². The summed E-state index contributed by atoms with van der Waals surface area (Å²) < 4.78 is 0. The van der Waals surface area contributed by atoms with E-state index in [-0.39, 0.29) is 5.91 Å². The van der Waals surface area contributed by atoms with E-state index < -0.39 is 5.41 Å². The molecular weight excluding hydrogens is 222 g/mol. The number of likely N-dealkylation sites (N-methyl/N-ethyl adjacent to an activating group) is 1. The summed E-state index contributed by atoms with van der Waals surface area (Å²) in [5.74, 6) is 0.00663. The zero-order valence-corrected chi connectivity index (χ0v) is 10.9. The molecule has 16 heavy (non-hydrogen) atoms. The van der Waals surface area contributed by atoms with E-state index in [2.05, 4.69) is 24.1 Å². The van der Waals surface area contributed by atoms with Crippen LogP contribution < -0.4 is 11.1 Å². The number of hydrogen-bond acceptors (Lipinski definition) is 3. The summed E-state index contributed by atoms with van der Waals surface area (Å²) >= 11 is 4.92. The lowest BCUT2D eigenvalue weighted by Crippen LogP contribution is -2.42. The Morgan fingerprint density at radius 2 is 2.00 bits per heavy atom. The van der Waals surface area contributed by atoms with E-state index >= 15 is 0 Å². The van der Waals surface area contributed by atoms with Crippen molar-refractivity contribution in [2.45, 2.75) is 26.7 Å². The molecule has 1 aliphatic rings. The number of nitrogens with zero attached hydrogens (tertiary/aromatic N) is 1. The maximum absolute atomic E-state index is 11.8. The summed E-state index contributed by atoms with van der Waals surface area (Å²) in [5.41, 5.74) is 5.06. The quantitative estimate of drug-likeness (QED) is 0.640. The summed E-state index contributed by atoms with van der Waals surface area (Å²) in [6.07, 6.45) is 1.61. The first-order valence-electron chi connectivity index (χ1n) is 5.87. The van der Waals surface area contributed by atoms with Crippen LogP contribution in [0.4, 0.5) is 0 Å². The largest absolute Gasteiger partial charge is 0.392 e. The average Bonchev–Trinajstić information content (AvgIpc) is 3.05. The first kappa shape index (κ1) is 13.4. The maximum atomic E-state index is 11.8. The van der Waals surface area contributed by atoms with Gasteiger partial charge in [0.15, 0.2) is 0 Å². The zero-order valence-electron chi connectivity index (χ0n) is 10.1. The molecular formula is C11H21N3OS. The van der Waals surface area contributed by atoms with Gasteiger partial charge in [0.1, 0.15) is 0 Å². The lowest BCUT2D eigenvalue weighted by molar-refractivity contribution is -0.124. The minimum absolute atomic E-state index is 0.00663. The molecule has 4 nitrogen and oxygen atoms in total. The van der Waals surface area contributed by atoms with Gasteiger partial charge in [-0.3, -0.25) is 4.79 Å². The van der Waals surface area contributed by atoms with Crippen LogP contribution in [-0.2, 0) is 4.79 Å². The highest BCUT2D eigenvalue weighted by atomic mass is 32.1. The molecule has 0 heterocycles. The minimum Gasteiger partial charge on any atom is -0.392 e. The van der Waals surface area contributed by atoms with Gasteiger partial charge in [-0.05, 0) is 25.9 Å². The van der Waals surface area contributed by atoms with E-state index in [0.717, 1.165) is 32.5 Å². The van der Waals surface area contributed by atoms with Crippen LogP contribution in [0.1, 0.15) is 26.7 Å². The summed E-state index contributed by atoms with van der Waals surface area (Å²) in [4.78, 5) is 14.4. The fraction of sp³-hybridized carbons (Fsp3) is 0.818. The molecule has 1 amide bonds. The summed E-state index contributed by atoms with van der Waals surface area (Å²) in [6, 6.07) is 0. The molecule has 0 aromatic rings. The van der Waals surface area contributed by atoms with Gasteiger partial charge in [0.05, 0.1) is 10.4 Å². The van der Waals surface area contributed by atoms with Crippen molar-refractivity contribution in [2.75, 3.05) is 26.2 Å². The van der Waals surface area contributed by atoms with Gasteiger partial charge >= 0.3 is 0 Å². The van der Waals surface area contributed by atoms with Crippen molar-refractivity contribution in [3.63, 3.8) is 0 Å². The second-order valence-corrected chi connectivity index (χ2v) is 4.67. The number of nitrogens with one attached hydrogen (secondary N) is 1. The number of hydrogen-bond donors (Lipinski definition) is 2. The maximum Gasteiger partial charge on any atom is 0.233 e. The predicted octanol–water partition coefficient (Wildman–Crippen LogP) is 0.511. The molecule has 0 unspecified atom stereocenters. The van der Waals surface area contributed by atoms with E-state index in [9.17, 15) is 4.79 Å². The molecule has 1 aliphatic carbocycles. The fourth-order valence-corrected chi connectivity index (χ4v) is 2.04. The van der Waals surface area contributed by atoms with Crippen molar-refractivity contribution in [3.8, 4) is 0 Å². The van der Waals surface area contributed by atoms with Crippen LogP contribution in [0.15, 0.2) is 0 Å². The molecule has 1 saturated carbocycles. The predicted molar refractivity (Wildman–Crippen MR) is 69.3 cm³/mol. The van der Waals surface area contributed by atoms with Crippen molar-refractivity contribution in [1.82, 2.24) is 10.2 Å². The van der Waals surface area contributed by atoms with Gasteiger partial charge < -0.3 is 16.0 Å². The minimum atomic E-state index is -0.515. The van der Waals surface area contributed by atoms with Crippen LogP contribution in [-0.4, -0.2) is 42.0 Å². The molecule has 0 aliphatic heterocycles. The second kappa shape index (κ2) is 5.59. The van der Waals surface area contributed by atoms with Gasteiger partial charge in [0.25, 0.3) is 0 Å². The average molecular weight is 243 g/mol. The number of nitrogens with two attached hydrogens (primary N) is 1. The molecule has 1 rings (SSSR count). The third-order valence-corrected chi connectivity index (χ3v) is 3.66. The Bertz CT molecular complexity index is 272. The van der Waals surface area contributed by atoms with Crippen molar-refractivity contribution in [2.24, 2.45) is 11.1 Å². The first-order chi connectivity index (χ1) is 7.56. The lowest BCUT2D eigenvalue weighted by Gasteiger charge is -2.19. The third kappa shape index (κ3) is 2.92. The zero-order chi connectivity index (χ0) is 12.2. The number of rotatable bonds is 7. The van der Waals surface area contributed by atoms with Crippen molar-refractivity contribution in [1.29, 1.82) is 0 Å². The first-order valence-corrected chi connectivity index (χ1v) is 6.28.